The van der Waals surface area contributed by atoms with Gasteiger partial charge in [0, 0.05) is 23.9 Å². The highest BCUT2D eigenvalue weighted by Gasteiger charge is 2.09. The lowest BCUT2D eigenvalue weighted by Gasteiger charge is -2.05. The minimum atomic E-state index is -0.165. The van der Waals surface area contributed by atoms with Crippen molar-refractivity contribution in [2.75, 3.05) is 5.32 Å². The van der Waals surface area contributed by atoms with Gasteiger partial charge in [-0.15, -0.1) is 0 Å². The third kappa shape index (κ3) is 2.30. The molecule has 0 atom stereocenters. The molecule has 0 bridgehead atoms. The van der Waals surface area contributed by atoms with Crippen LogP contribution in [-0.4, -0.2) is 15.5 Å². The van der Waals surface area contributed by atoms with Crippen LogP contribution in [0.1, 0.15) is 10.5 Å². The molecule has 0 aromatic carbocycles. The van der Waals surface area contributed by atoms with Gasteiger partial charge in [-0.05, 0) is 40.2 Å². The predicted molar refractivity (Wildman–Crippen MR) is 65.3 cm³/mol. The second kappa shape index (κ2) is 4.49. The van der Waals surface area contributed by atoms with Crippen LogP contribution in [0.2, 0.25) is 0 Å². The van der Waals surface area contributed by atoms with E-state index in [2.05, 4.69) is 26.2 Å². The molecule has 16 heavy (non-hydrogen) atoms. The van der Waals surface area contributed by atoms with Crippen LogP contribution in [0.15, 0.2) is 41.1 Å². The molecule has 0 aliphatic rings. The largest absolute Gasteiger partial charge is 0.347 e. The molecule has 4 nitrogen and oxygen atoms in total. The molecule has 2 rings (SSSR count). The number of halogens is 1. The second-order valence-electron chi connectivity index (χ2n) is 3.32. The number of nitrogens with one attached hydrogen (secondary N) is 1. The fourth-order valence-corrected chi connectivity index (χ4v) is 1.56. The number of hydrogen-bond donors (Lipinski definition) is 1. The molecule has 0 spiro atoms. The van der Waals surface area contributed by atoms with Gasteiger partial charge in [0.15, 0.2) is 0 Å². The van der Waals surface area contributed by atoms with Crippen molar-refractivity contribution in [3.8, 4) is 0 Å². The third-order valence-corrected chi connectivity index (χ3v) is 2.61. The summed E-state index contributed by atoms with van der Waals surface area (Å²) in [5.41, 5.74) is 0.602. The number of nitrogens with zero attached hydrogens (tertiary/aromatic N) is 2. The fourth-order valence-electron chi connectivity index (χ4n) is 1.33. The summed E-state index contributed by atoms with van der Waals surface area (Å²) in [6, 6.07) is 7.15. The molecule has 0 saturated carbocycles. The average molecular weight is 280 g/mol. The van der Waals surface area contributed by atoms with E-state index < -0.39 is 0 Å². The Kier molecular flexibility index (Phi) is 3.05. The van der Waals surface area contributed by atoms with Gasteiger partial charge in [-0.1, -0.05) is 0 Å². The van der Waals surface area contributed by atoms with E-state index in [0.29, 0.717) is 11.5 Å². The molecule has 2 aromatic heterocycles. The summed E-state index contributed by atoms with van der Waals surface area (Å²) in [5, 5.41) is 2.72. The Labute approximate surface area is 101 Å². The fraction of sp³-hybridized carbons (Fsp3) is 0.0909. The highest BCUT2D eigenvalue weighted by Crippen LogP contribution is 2.11. The molecule has 0 saturated heterocycles. The summed E-state index contributed by atoms with van der Waals surface area (Å²) >= 11 is 3.28. The van der Waals surface area contributed by atoms with E-state index in [0.717, 1.165) is 4.47 Å². The zero-order valence-corrected chi connectivity index (χ0v) is 10.2. The van der Waals surface area contributed by atoms with Crippen molar-refractivity contribution in [2.45, 2.75) is 0 Å². The Morgan fingerprint density at radius 1 is 1.44 bits per heavy atom. The van der Waals surface area contributed by atoms with Crippen molar-refractivity contribution in [1.82, 2.24) is 9.55 Å². The SMILES string of the molecule is Cn1cccc1C(=O)Nc1ccc(Br)cn1. The van der Waals surface area contributed by atoms with Crippen LogP contribution in [0.3, 0.4) is 0 Å². The van der Waals surface area contributed by atoms with E-state index >= 15 is 0 Å². The molecule has 82 valence electrons. The highest BCUT2D eigenvalue weighted by molar-refractivity contribution is 9.10. The highest BCUT2D eigenvalue weighted by atomic mass is 79.9. The van der Waals surface area contributed by atoms with Crippen LogP contribution in [0.5, 0.6) is 0 Å². The standard InChI is InChI=1S/C11H10BrN3O/c1-15-6-2-3-9(15)11(16)14-10-5-4-8(12)7-13-10/h2-7H,1H3,(H,13,14,16). The van der Waals surface area contributed by atoms with Gasteiger partial charge < -0.3 is 9.88 Å². The third-order valence-electron chi connectivity index (χ3n) is 2.15. The molecule has 2 heterocycles. The molecule has 5 heteroatoms. The number of anilines is 1. The van der Waals surface area contributed by atoms with Crippen LogP contribution in [0.25, 0.3) is 0 Å². The van der Waals surface area contributed by atoms with Crippen molar-refractivity contribution >= 4 is 27.7 Å². The topological polar surface area (TPSA) is 46.9 Å². The normalized spacial score (nSPS) is 10.1. The van der Waals surface area contributed by atoms with E-state index in [1.54, 1.807) is 22.9 Å². The first kappa shape index (κ1) is 10.9. The molecule has 0 unspecified atom stereocenters. The first-order valence-electron chi connectivity index (χ1n) is 4.71. The molecule has 2 aromatic rings. The quantitative estimate of drug-likeness (QED) is 0.918. The maximum Gasteiger partial charge on any atom is 0.273 e. The number of hydrogen-bond acceptors (Lipinski definition) is 2. The first-order valence-corrected chi connectivity index (χ1v) is 5.50. The van der Waals surface area contributed by atoms with Crippen LogP contribution in [-0.2, 0) is 7.05 Å². The molecular formula is C11H10BrN3O. The van der Waals surface area contributed by atoms with Gasteiger partial charge in [0.2, 0.25) is 0 Å². The van der Waals surface area contributed by atoms with Gasteiger partial charge in [-0.2, -0.15) is 0 Å². The molecule has 0 fully saturated rings. The minimum Gasteiger partial charge on any atom is -0.347 e. The Bertz CT molecular complexity index is 504. The number of pyridine rings is 1. The number of aromatic nitrogens is 2. The van der Waals surface area contributed by atoms with Crippen LogP contribution >= 0.6 is 15.9 Å². The van der Waals surface area contributed by atoms with E-state index in [4.69, 9.17) is 0 Å². The maximum atomic E-state index is 11.8. The summed E-state index contributed by atoms with van der Waals surface area (Å²) in [6.07, 6.45) is 3.46. The van der Waals surface area contributed by atoms with E-state index in [1.807, 2.05) is 25.4 Å². The summed E-state index contributed by atoms with van der Waals surface area (Å²) < 4.78 is 2.64. The van der Waals surface area contributed by atoms with E-state index in [1.165, 1.54) is 0 Å². The van der Waals surface area contributed by atoms with Crippen molar-refractivity contribution in [3.63, 3.8) is 0 Å². The molecule has 0 radical (unpaired) electrons. The Hall–Kier alpha value is -1.62. The summed E-state index contributed by atoms with van der Waals surface area (Å²) in [7, 11) is 1.82. The molecule has 1 N–H and O–H groups in total. The molecule has 0 aliphatic carbocycles. The molecular weight excluding hydrogens is 270 g/mol. The van der Waals surface area contributed by atoms with Gasteiger partial charge in [0.05, 0.1) is 0 Å². The lowest BCUT2D eigenvalue weighted by Crippen LogP contribution is -2.15. The van der Waals surface area contributed by atoms with Crippen molar-refractivity contribution in [1.29, 1.82) is 0 Å². The van der Waals surface area contributed by atoms with Crippen molar-refractivity contribution < 1.29 is 4.79 Å². The Morgan fingerprint density at radius 2 is 2.25 bits per heavy atom. The monoisotopic (exact) mass is 279 g/mol. The lowest BCUT2D eigenvalue weighted by atomic mass is 10.4. The number of amides is 1. The predicted octanol–water partition coefficient (Wildman–Crippen LogP) is 2.43. The second-order valence-corrected chi connectivity index (χ2v) is 4.24. The average Bonchev–Trinajstić information content (AvgIpc) is 2.68. The zero-order valence-electron chi connectivity index (χ0n) is 8.64. The van der Waals surface area contributed by atoms with Gasteiger partial charge in [-0.25, -0.2) is 4.98 Å². The van der Waals surface area contributed by atoms with Gasteiger partial charge >= 0.3 is 0 Å². The number of rotatable bonds is 2. The summed E-state index contributed by atoms with van der Waals surface area (Å²) in [5.74, 6) is 0.372. The van der Waals surface area contributed by atoms with E-state index in [-0.39, 0.29) is 5.91 Å². The van der Waals surface area contributed by atoms with Crippen LogP contribution in [0.4, 0.5) is 5.82 Å². The van der Waals surface area contributed by atoms with Crippen molar-refractivity contribution in [3.05, 3.63) is 46.8 Å². The van der Waals surface area contributed by atoms with Gasteiger partial charge in [-0.3, -0.25) is 4.79 Å². The molecule has 0 aliphatic heterocycles. The number of carbonyl (C=O) groups is 1. The number of carbonyl (C=O) groups excluding carboxylic acids is 1. The van der Waals surface area contributed by atoms with Gasteiger partial charge in [0.25, 0.3) is 5.91 Å². The smallest absolute Gasteiger partial charge is 0.273 e. The molecule has 1 amide bonds. The van der Waals surface area contributed by atoms with Crippen LogP contribution in [0, 0.1) is 0 Å². The van der Waals surface area contributed by atoms with Crippen molar-refractivity contribution in [2.24, 2.45) is 7.05 Å². The van der Waals surface area contributed by atoms with E-state index in [9.17, 15) is 4.79 Å². The minimum absolute atomic E-state index is 0.165. The Balaban J connectivity index is 2.14. The maximum absolute atomic E-state index is 11.8. The zero-order chi connectivity index (χ0) is 11.5. The summed E-state index contributed by atoms with van der Waals surface area (Å²) in [6.45, 7) is 0. The van der Waals surface area contributed by atoms with Gasteiger partial charge in [0.1, 0.15) is 11.5 Å². The Morgan fingerprint density at radius 3 is 2.81 bits per heavy atom. The summed E-state index contributed by atoms with van der Waals surface area (Å²) in [4.78, 5) is 15.9. The first-order chi connectivity index (χ1) is 7.66. The van der Waals surface area contributed by atoms with Crippen LogP contribution < -0.4 is 5.32 Å². The lowest BCUT2D eigenvalue weighted by molar-refractivity contribution is 0.101. The number of aryl methyl sites for hydroxylation is 1.